The Labute approximate surface area is 115 Å². The van der Waals surface area contributed by atoms with Gasteiger partial charge in [0.15, 0.2) is 0 Å². The number of hydrogen-bond donors (Lipinski definition) is 1. The number of benzene rings is 2. The van der Waals surface area contributed by atoms with Crippen LogP contribution in [0.15, 0.2) is 48.5 Å². The fourth-order valence-corrected chi connectivity index (χ4v) is 1.92. The Bertz CT molecular complexity index is 538. The van der Waals surface area contributed by atoms with Gasteiger partial charge in [-0.25, -0.2) is 0 Å². The van der Waals surface area contributed by atoms with Crippen molar-refractivity contribution in [2.24, 2.45) is 0 Å². The van der Waals surface area contributed by atoms with Crippen LogP contribution in [0.2, 0.25) is 0 Å². The summed E-state index contributed by atoms with van der Waals surface area (Å²) in [4.78, 5) is 0. The van der Waals surface area contributed by atoms with Crippen LogP contribution < -0.4 is 10.1 Å². The Morgan fingerprint density at radius 3 is 2.16 bits per heavy atom. The number of ether oxygens (including phenoxy) is 1. The van der Waals surface area contributed by atoms with Crippen molar-refractivity contribution < 1.29 is 4.74 Å². The summed E-state index contributed by atoms with van der Waals surface area (Å²) in [6.07, 6.45) is 0. The number of nitrogens with one attached hydrogen (secondary N) is 1. The van der Waals surface area contributed by atoms with Gasteiger partial charge < -0.3 is 10.1 Å². The first-order chi connectivity index (χ1) is 8.99. The first-order valence-corrected chi connectivity index (χ1v) is 6.51. The van der Waals surface area contributed by atoms with E-state index in [1.165, 1.54) is 5.56 Å². The molecule has 0 aliphatic rings. The fraction of sp³-hybridized carbons (Fsp3) is 0.294. The van der Waals surface area contributed by atoms with Crippen LogP contribution in [0, 0.1) is 0 Å². The number of methoxy groups -OCH3 is 1. The first-order valence-electron chi connectivity index (χ1n) is 6.51. The van der Waals surface area contributed by atoms with E-state index < -0.39 is 0 Å². The molecule has 0 aromatic heterocycles. The summed E-state index contributed by atoms with van der Waals surface area (Å²) in [6.45, 7) is 6.66. The summed E-state index contributed by atoms with van der Waals surface area (Å²) in [7, 11) is 1.68. The average Bonchev–Trinajstić information content (AvgIpc) is 2.38. The van der Waals surface area contributed by atoms with Crippen molar-refractivity contribution in [2.45, 2.75) is 26.2 Å². The van der Waals surface area contributed by atoms with Gasteiger partial charge in [0.25, 0.3) is 0 Å². The molecule has 0 atom stereocenters. The topological polar surface area (TPSA) is 21.3 Å². The molecule has 0 aliphatic carbocycles. The largest absolute Gasteiger partial charge is 0.497 e. The van der Waals surface area contributed by atoms with E-state index in [9.17, 15) is 0 Å². The maximum absolute atomic E-state index is 5.22. The molecule has 0 amide bonds. The molecule has 0 heterocycles. The van der Waals surface area contributed by atoms with Gasteiger partial charge in [0.1, 0.15) is 5.75 Å². The van der Waals surface area contributed by atoms with E-state index in [4.69, 9.17) is 4.74 Å². The lowest BCUT2D eigenvalue weighted by atomic mass is 9.87. The summed E-state index contributed by atoms with van der Waals surface area (Å²) < 4.78 is 5.22. The Morgan fingerprint density at radius 2 is 1.58 bits per heavy atom. The first kappa shape index (κ1) is 13.5. The van der Waals surface area contributed by atoms with Crippen molar-refractivity contribution in [3.63, 3.8) is 0 Å². The Hall–Kier alpha value is -1.96. The molecule has 2 aromatic rings. The SMILES string of the molecule is COc1cccc(Nc2ccc(C(C)(C)C)cc2)c1. The number of anilines is 2. The van der Waals surface area contributed by atoms with E-state index >= 15 is 0 Å². The van der Waals surface area contributed by atoms with Gasteiger partial charge >= 0.3 is 0 Å². The quantitative estimate of drug-likeness (QED) is 0.855. The number of hydrogen-bond acceptors (Lipinski definition) is 2. The molecule has 0 spiro atoms. The third-order valence-electron chi connectivity index (χ3n) is 3.11. The van der Waals surface area contributed by atoms with Crippen LogP contribution in [0.3, 0.4) is 0 Å². The Balaban J connectivity index is 2.15. The van der Waals surface area contributed by atoms with E-state index in [0.29, 0.717) is 0 Å². The molecule has 0 fully saturated rings. The molecule has 0 unspecified atom stereocenters. The molecule has 2 nitrogen and oxygen atoms in total. The summed E-state index contributed by atoms with van der Waals surface area (Å²) in [5, 5.41) is 3.38. The van der Waals surface area contributed by atoms with Gasteiger partial charge in [-0.2, -0.15) is 0 Å². The standard InChI is InChI=1S/C17H21NO/c1-17(2,3)13-8-10-14(11-9-13)18-15-6-5-7-16(12-15)19-4/h5-12,18H,1-4H3. The monoisotopic (exact) mass is 255 g/mol. The minimum absolute atomic E-state index is 0.189. The molecule has 1 N–H and O–H groups in total. The minimum Gasteiger partial charge on any atom is -0.497 e. The summed E-state index contributed by atoms with van der Waals surface area (Å²) in [5.41, 5.74) is 3.64. The average molecular weight is 255 g/mol. The Kier molecular flexibility index (Phi) is 3.79. The van der Waals surface area contributed by atoms with E-state index in [1.54, 1.807) is 7.11 Å². The summed E-state index contributed by atoms with van der Waals surface area (Å²) >= 11 is 0. The molecule has 2 aromatic carbocycles. The molecular formula is C17H21NO. The Morgan fingerprint density at radius 1 is 0.895 bits per heavy atom. The smallest absolute Gasteiger partial charge is 0.120 e. The van der Waals surface area contributed by atoms with Gasteiger partial charge in [0, 0.05) is 17.4 Å². The van der Waals surface area contributed by atoms with Crippen LogP contribution in [-0.2, 0) is 5.41 Å². The molecule has 100 valence electrons. The third kappa shape index (κ3) is 3.50. The van der Waals surface area contributed by atoms with E-state index in [0.717, 1.165) is 17.1 Å². The summed E-state index contributed by atoms with van der Waals surface area (Å²) in [5.74, 6) is 0.858. The van der Waals surface area contributed by atoms with Gasteiger partial charge in [-0.15, -0.1) is 0 Å². The molecule has 0 saturated carbocycles. The van der Waals surface area contributed by atoms with Gasteiger partial charge in [0.05, 0.1) is 7.11 Å². The highest BCUT2D eigenvalue weighted by molar-refractivity contribution is 5.61. The van der Waals surface area contributed by atoms with E-state index in [2.05, 4.69) is 50.4 Å². The molecule has 0 saturated heterocycles. The molecule has 0 radical (unpaired) electrons. The maximum Gasteiger partial charge on any atom is 0.120 e. The lowest BCUT2D eigenvalue weighted by Gasteiger charge is -2.19. The molecule has 2 rings (SSSR count). The second-order valence-electron chi connectivity index (χ2n) is 5.68. The highest BCUT2D eigenvalue weighted by Crippen LogP contribution is 2.25. The van der Waals surface area contributed by atoms with Crippen molar-refractivity contribution in [1.82, 2.24) is 0 Å². The molecule has 2 heteroatoms. The molecule has 0 bridgehead atoms. The van der Waals surface area contributed by atoms with Crippen LogP contribution in [-0.4, -0.2) is 7.11 Å². The van der Waals surface area contributed by atoms with Gasteiger partial charge in [-0.1, -0.05) is 39.0 Å². The molecule has 19 heavy (non-hydrogen) atoms. The van der Waals surface area contributed by atoms with Crippen LogP contribution in [0.5, 0.6) is 5.75 Å². The van der Waals surface area contributed by atoms with Crippen LogP contribution >= 0.6 is 0 Å². The molecule has 0 aliphatic heterocycles. The third-order valence-corrected chi connectivity index (χ3v) is 3.11. The fourth-order valence-electron chi connectivity index (χ4n) is 1.92. The summed E-state index contributed by atoms with van der Waals surface area (Å²) in [6, 6.07) is 16.5. The lowest BCUT2D eigenvalue weighted by Crippen LogP contribution is -2.10. The van der Waals surface area contributed by atoms with Gasteiger partial charge in [-0.3, -0.25) is 0 Å². The van der Waals surface area contributed by atoms with Crippen molar-refractivity contribution in [2.75, 3.05) is 12.4 Å². The zero-order valence-corrected chi connectivity index (χ0v) is 12.0. The highest BCUT2D eigenvalue weighted by atomic mass is 16.5. The van der Waals surface area contributed by atoms with E-state index in [1.807, 2.05) is 24.3 Å². The molecular weight excluding hydrogens is 234 g/mol. The maximum atomic E-state index is 5.22. The van der Waals surface area contributed by atoms with Crippen molar-refractivity contribution in [3.8, 4) is 5.75 Å². The second kappa shape index (κ2) is 5.35. The normalized spacial score (nSPS) is 11.2. The van der Waals surface area contributed by atoms with Gasteiger partial charge in [0.2, 0.25) is 0 Å². The minimum atomic E-state index is 0.189. The van der Waals surface area contributed by atoms with E-state index in [-0.39, 0.29) is 5.41 Å². The zero-order chi connectivity index (χ0) is 13.9. The predicted octanol–water partition coefficient (Wildman–Crippen LogP) is 4.74. The van der Waals surface area contributed by atoms with Crippen LogP contribution in [0.4, 0.5) is 11.4 Å². The highest BCUT2D eigenvalue weighted by Gasteiger charge is 2.12. The van der Waals surface area contributed by atoms with Crippen molar-refractivity contribution in [1.29, 1.82) is 0 Å². The zero-order valence-electron chi connectivity index (χ0n) is 12.0. The van der Waals surface area contributed by atoms with Crippen LogP contribution in [0.25, 0.3) is 0 Å². The van der Waals surface area contributed by atoms with Crippen LogP contribution in [0.1, 0.15) is 26.3 Å². The van der Waals surface area contributed by atoms with Crippen molar-refractivity contribution >= 4 is 11.4 Å². The van der Waals surface area contributed by atoms with Gasteiger partial charge in [-0.05, 0) is 35.2 Å². The predicted molar refractivity (Wildman–Crippen MR) is 81.4 cm³/mol. The second-order valence-corrected chi connectivity index (χ2v) is 5.68. The number of rotatable bonds is 3. The lowest BCUT2D eigenvalue weighted by molar-refractivity contribution is 0.415. The van der Waals surface area contributed by atoms with Crippen molar-refractivity contribution in [3.05, 3.63) is 54.1 Å².